The zero-order chi connectivity index (χ0) is 22.1. The van der Waals surface area contributed by atoms with Gasteiger partial charge >= 0.3 is 0 Å². The summed E-state index contributed by atoms with van der Waals surface area (Å²) in [6, 6.07) is 5.18. The second-order valence-corrected chi connectivity index (χ2v) is 8.04. The number of hydrogen-bond acceptors (Lipinski definition) is 5. The third-order valence-corrected chi connectivity index (χ3v) is 5.70. The molecule has 1 saturated carbocycles. The predicted molar refractivity (Wildman–Crippen MR) is 119 cm³/mol. The summed E-state index contributed by atoms with van der Waals surface area (Å²) in [7, 11) is 1.79. The number of benzene rings is 1. The van der Waals surface area contributed by atoms with Crippen molar-refractivity contribution in [2.24, 2.45) is 5.92 Å². The quantitative estimate of drug-likeness (QED) is 0.607. The van der Waals surface area contributed by atoms with Gasteiger partial charge in [-0.1, -0.05) is 19.8 Å². The van der Waals surface area contributed by atoms with Gasteiger partial charge < -0.3 is 20.1 Å². The number of anilines is 1. The molecule has 0 heterocycles. The van der Waals surface area contributed by atoms with Crippen LogP contribution in [0.25, 0.3) is 0 Å². The molecule has 1 fully saturated rings. The summed E-state index contributed by atoms with van der Waals surface area (Å²) in [6.07, 6.45) is 4.58. The van der Waals surface area contributed by atoms with Crippen molar-refractivity contribution in [2.45, 2.75) is 65.5 Å². The van der Waals surface area contributed by atoms with Crippen LogP contribution in [0, 0.1) is 5.92 Å². The molecule has 2 rings (SSSR count). The molecule has 1 aromatic carbocycles. The predicted octanol–water partition coefficient (Wildman–Crippen LogP) is 3.44. The van der Waals surface area contributed by atoms with E-state index < -0.39 is 0 Å². The maximum atomic E-state index is 12.6. The highest BCUT2D eigenvalue weighted by molar-refractivity contribution is 5.93. The first-order valence-electron chi connectivity index (χ1n) is 11.1. The Balaban J connectivity index is 1.90. The molecule has 2 N–H and O–H groups in total. The lowest BCUT2D eigenvalue weighted by atomic mass is 9.86. The topological polar surface area (TPSA) is 79.9 Å². The summed E-state index contributed by atoms with van der Waals surface area (Å²) in [6.45, 7) is 9.00. The molecule has 30 heavy (non-hydrogen) atoms. The molecule has 7 nitrogen and oxygen atoms in total. The van der Waals surface area contributed by atoms with Crippen LogP contribution in [0.2, 0.25) is 0 Å². The van der Waals surface area contributed by atoms with Crippen LogP contribution in [0.4, 0.5) is 5.69 Å². The van der Waals surface area contributed by atoms with Gasteiger partial charge in [-0.25, -0.2) is 0 Å². The average molecular weight is 420 g/mol. The third-order valence-electron chi connectivity index (χ3n) is 5.70. The van der Waals surface area contributed by atoms with Gasteiger partial charge in [-0.2, -0.15) is 0 Å². The number of carbonyl (C=O) groups is 2. The van der Waals surface area contributed by atoms with Crippen LogP contribution >= 0.6 is 0 Å². The molecule has 0 radical (unpaired) electrons. The third kappa shape index (κ3) is 6.90. The van der Waals surface area contributed by atoms with Crippen LogP contribution in [0.3, 0.4) is 0 Å². The summed E-state index contributed by atoms with van der Waals surface area (Å²) in [5.41, 5.74) is 0.633. The molecule has 1 aromatic rings. The van der Waals surface area contributed by atoms with E-state index in [2.05, 4.69) is 17.6 Å². The first-order chi connectivity index (χ1) is 14.3. The highest BCUT2D eigenvalue weighted by Gasteiger charge is 2.27. The maximum absolute atomic E-state index is 12.6. The SMILES string of the molecule is CCOc1ccc(NC(=O)CN(C)[C@H](C)C(=O)N[C@@H]2CCCC[C@@H]2C)cc1OCC. The van der Waals surface area contributed by atoms with E-state index in [0.29, 0.717) is 36.3 Å². The Morgan fingerprint density at radius 2 is 1.80 bits per heavy atom. The molecule has 3 atom stereocenters. The zero-order valence-corrected chi connectivity index (χ0v) is 19.0. The minimum Gasteiger partial charge on any atom is -0.490 e. The standard InChI is InChI=1S/C23H37N3O4/c1-6-29-20-13-12-18(14-21(20)30-7-2)24-22(27)15-26(5)17(4)23(28)25-19-11-9-8-10-16(19)3/h12-14,16-17,19H,6-11,15H2,1-5H3,(H,24,27)(H,25,28)/t16-,17+,19+/m0/s1. The average Bonchev–Trinajstić information content (AvgIpc) is 2.71. The Morgan fingerprint density at radius 1 is 1.13 bits per heavy atom. The van der Waals surface area contributed by atoms with Crippen molar-refractivity contribution in [2.75, 3.05) is 32.1 Å². The van der Waals surface area contributed by atoms with Crippen LogP contribution in [-0.4, -0.2) is 55.6 Å². The number of ether oxygens (including phenoxy) is 2. The Labute approximate surface area is 180 Å². The normalized spacial score (nSPS) is 19.8. The lowest BCUT2D eigenvalue weighted by Crippen LogP contribution is -2.50. The van der Waals surface area contributed by atoms with Gasteiger partial charge in [0, 0.05) is 17.8 Å². The summed E-state index contributed by atoms with van der Waals surface area (Å²) in [5.74, 6) is 1.54. The number of nitrogens with one attached hydrogen (secondary N) is 2. The van der Waals surface area contributed by atoms with Crippen molar-refractivity contribution in [3.8, 4) is 11.5 Å². The number of hydrogen-bond donors (Lipinski definition) is 2. The number of amides is 2. The lowest BCUT2D eigenvalue weighted by molar-refractivity contribution is -0.127. The molecule has 0 bridgehead atoms. The molecule has 1 aliphatic carbocycles. The van der Waals surface area contributed by atoms with Crippen LogP contribution in [0.1, 0.15) is 53.4 Å². The van der Waals surface area contributed by atoms with E-state index >= 15 is 0 Å². The Kier molecular flexibility index (Phi) is 9.43. The zero-order valence-electron chi connectivity index (χ0n) is 19.0. The number of nitrogens with zero attached hydrogens (tertiary/aromatic N) is 1. The Morgan fingerprint density at radius 3 is 2.47 bits per heavy atom. The highest BCUT2D eigenvalue weighted by Crippen LogP contribution is 2.30. The van der Waals surface area contributed by atoms with E-state index in [1.54, 1.807) is 30.1 Å². The first kappa shape index (κ1) is 24.0. The molecule has 168 valence electrons. The van der Waals surface area contributed by atoms with Crippen LogP contribution in [0.5, 0.6) is 11.5 Å². The van der Waals surface area contributed by atoms with Crippen LogP contribution in [-0.2, 0) is 9.59 Å². The van der Waals surface area contributed by atoms with Gasteiger partial charge in [0.25, 0.3) is 0 Å². The van der Waals surface area contributed by atoms with Gasteiger partial charge in [-0.05, 0) is 58.7 Å². The number of rotatable bonds is 10. The fraction of sp³-hybridized carbons (Fsp3) is 0.652. The summed E-state index contributed by atoms with van der Waals surface area (Å²) >= 11 is 0. The Bertz CT molecular complexity index is 710. The van der Waals surface area contributed by atoms with Crippen molar-refractivity contribution in [1.29, 1.82) is 0 Å². The minimum absolute atomic E-state index is 0.0243. The van der Waals surface area contributed by atoms with E-state index in [4.69, 9.17) is 9.47 Å². The maximum Gasteiger partial charge on any atom is 0.238 e. The van der Waals surface area contributed by atoms with Crippen molar-refractivity contribution in [3.05, 3.63) is 18.2 Å². The van der Waals surface area contributed by atoms with Crippen molar-refractivity contribution >= 4 is 17.5 Å². The molecular weight excluding hydrogens is 382 g/mol. The number of carbonyl (C=O) groups excluding carboxylic acids is 2. The van der Waals surface area contributed by atoms with E-state index in [1.165, 1.54) is 6.42 Å². The van der Waals surface area contributed by atoms with Gasteiger partial charge in [0.1, 0.15) is 0 Å². The highest BCUT2D eigenvalue weighted by atomic mass is 16.5. The second kappa shape index (κ2) is 11.8. The molecule has 0 unspecified atom stereocenters. The lowest BCUT2D eigenvalue weighted by Gasteiger charge is -2.32. The smallest absolute Gasteiger partial charge is 0.238 e. The van der Waals surface area contributed by atoms with Gasteiger partial charge in [0.2, 0.25) is 11.8 Å². The van der Waals surface area contributed by atoms with Crippen molar-refractivity contribution in [3.63, 3.8) is 0 Å². The van der Waals surface area contributed by atoms with E-state index in [9.17, 15) is 9.59 Å². The molecule has 0 aromatic heterocycles. The summed E-state index contributed by atoms with van der Waals surface area (Å²) in [4.78, 5) is 26.9. The minimum atomic E-state index is -0.385. The van der Waals surface area contributed by atoms with Gasteiger partial charge in [-0.15, -0.1) is 0 Å². The molecule has 0 aliphatic heterocycles. The van der Waals surface area contributed by atoms with Crippen LogP contribution < -0.4 is 20.1 Å². The van der Waals surface area contributed by atoms with E-state index in [1.807, 2.05) is 20.8 Å². The van der Waals surface area contributed by atoms with E-state index in [-0.39, 0.29) is 30.4 Å². The fourth-order valence-corrected chi connectivity index (χ4v) is 3.73. The second-order valence-electron chi connectivity index (χ2n) is 8.04. The fourth-order valence-electron chi connectivity index (χ4n) is 3.73. The molecule has 7 heteroatoms. The van der Waals surface area contributed by atoms with Crippen molar-refractivity contribution in [1.82, 2.24) is 10.2 Å². The largest absolute Gasteiger partial charge is 0.490 e. The molecule has 0 saturated heterocycles. The first-order valence-corrected chi connectivity index (χ1v) is 11.1. The van der Waals surface area contributed by atoms with E-state index in [0.717, 1.165) is 19.3 Å². The van der Waals surface area contributed by atoms with Crippen LogP contribution in [0.15, 0.2) is 18.2 Å². The molecule has 1 aliphatic rings. The number of likely N-dealkylation sites (N-methyl/N-ethyl adjacent to an activating group) is 1. The van der Waals surface area contributed by atoms with Gasteiger partial charge in [0.05, 0.1) is 25.8 Å². The molecular formula is C23H37N3O4. The van der Waals surface area contributed by atoms with Crippen molar-refractivity contribution < 1.29 is 19.1 Å². The molecule has 2 amide bonds. The summed E-state index contributed by atoms with van der Waals surface area (Å²) < 4.78 is 11.2. The summed E-state index contributed by atoms with van der Waals surface area (Å²) in [5, 5.41) is 6.04. The molecule has 0 spiro atoms. The Hall–Kier alpha value is -2.28. The van der Waals surface area contributed by atoms with Gasteiger partial charge in [-0.3, -0.25) is 14.5 Å². The van der Waals surface area contributed by atoms with Gasteiger partial charge in [0.15, 0.2) is 11.5 Å². The monoisotopic (exact) mass is 419 g/mol.